The average Bonchev–Trinajstić information content (AvgIpc) is 1.85. The number of amides is 1. The Morgan fingerprint density at radius 1 is 1.64 bits per heavy atom. The SMILES string of the molecule is NC(=O)[CH]c1cncc(Br)c1. The van der Waals surface area contributed by atoms with E-state index in [-0.39, 0.29) is 0 Å². The number of pyridine rings is 1. The van der Waals surface area contributed by atoms with Gasteiger partial charge in [0.25, 0.3) is 0 Å². The monoisotopic (exact) mass is 213 g/mol. The maximum atomic E-state index is 10.4. The number of carbonyl (C=O) groups is 1. The van der Waals surface area contributed by atoms with E-state index in [9.17, 15) is 4.79 Å². The van der Waals surface area contributed by atoms with Gasteiger partial charge in [0.1, 0.15) is 0 Å². The molecule has 0 spiro atoms. The standard InChI is InChI=1S/C7H6BrN2O/c8-6-1-5(2-7(9)11)3-10-4-6/h1-4H,(H2,9,11). The Morgan fingerprint density at radius 3 is 2.91 bits per heavy atom. The fourth-order valence-corrected chi connectivity index (χ4v) is 1.05. The smallest absolute Gasteiger partial charge is 0.226 e. The van der Waals surface area contributed by atoms with Gasteiger partial charge in [0.15, 0.2) is 0 Å². The fraction of sp³-hybridized carbons (Fsp3) is 0. The molecule has 57 valence electrons. The van der Waals surface area contributed by atoms with Crippen molar-refractivity contribution >= 4 is 21.8 Å². The third-order valence-corrected chi connectivity index (χ3v) is 1.47. The molecule has 0 aliphatic carbocycles. The van der Waals surface area contributed by atoms with Gasteiger partial charge in [-0.1, -0.05) is 0 Å². The number of nitrogens with zero attached hydrogens (tertiary/aromatic N) is 1. The molecule has 0 fully saturated rings. The summed E-state index contributed by atoms with van der Waals surface area (Å²) in [6.07, 6.45) is 4.52. The quantitative estimate of drug-likeness (QED) is 0.794. The number of carbonyl (C=O) groups excluding carboxylic acids is 1. The van der Waals surface area contributed by atoms with Gasteiger partial charge >= 0.3 is 0 Å². The summed E-state index contributed by atoms with van der Waals surface area (Å²) >= 11 is 3.22. The number of rotatable bonds is 2. The molecule has 0 bridgehead atoms. The molecule has 1 rings (SSSR count). The Morgan fingerprint density at radius 2 is 2.36 bits per heavy atom. The molecule has 2 N–H and O–H groups in total. The van der Waals surface area contributed by atoms with E-state index in [2.05, 4.69) is 20.9 Å². The summed E-state index contributed by atoms with van der Waals surface area (Å²) in [6, 6.07) is 1.76. The molecule has 0 saturated heterocycles. The van der Waals surface area contributed by atoms with Crippen molar-refractivity contribution < 1.29 is 4.79 Å². The first-order valence-corrected chi connectivity index (χ1v) is 3.72. The highest BCUT2D eigenvalue weighted by molar-refractivity contribution is 9.10. The van der Waals surface area contributed by atoms with E-state index >= 15 is 0 Å². The molecular formula is C7H6BrN2O. The number of aromatic nitrogens is 1. The van der Waals surface area contributed by atoms with Crippen LogP contribution in [0.4, 0.5) is 0 Å². The Balaban J connectivity index is 2.79. The minimum absolute atomic E-state index is 0.468. The second-order valence-electron chi connectivity index (χ2n) is 1.98. The van der Waals surface area contributed by atoms with Crippen molar-refractivity contribution in [2.24, 2.45) is 5.73 Å². The Labute approximate surface area is 72.7 Å². The van der Waals surface area contributed by atoms with Crippen molar-refractivity contribution in [3.8, 4) is 0 Å². The van der Waals surface area contributed by atoms with Gasteiger partial charge in [-0.25, -0.2) is 0 Å². The predicted molar refractivity (Wildman–Crippen MR) is 44.5 cm³/mol. The third kappa shape index (κ3) is 2.67. The van der Waals surface area contributed by atoms with Crippen LogP contribution in [0.25, 0.3) is 0 Å². The number of nitrogens with two attached hydrogens (primary N) is 1. The van der Waals surface area contributed by atoms with Crippen LogP contribution >= 0.6 is 15.9 Å². The zero-order valence-electron chi connectivity index (χ0n) is 5.62. The first-order chi connectivity index (χ1) is 5.18. The van der Waals surface area contributed by atoms with Crippen molar-refractivity contribution in [3.05, 3.63) is 34.9 Å². The summed E-state index contributed by atoms with van der Waals surface area (Å²) in [4.78, 5) is 14.3. The molecule has 0 aliphatic rings. The van der Waals surface area contributed by atoms with Crippen LogP contribution in [0.1, 0.15) is 5.56 Å². The van der Waals surface area contributed by atoms with Crippen LogP contribution in [0.15, 0.2) is 22.9 Å². The largest absolute Gasteiger partial charge is 0.369 e. The predicted octanol–water partition coefficient (Wildman–Crippen LogP) is 0.882. The molecule has 11 heavy (non-hydrogen) atoms. The summed E-state index contributed by atoms with van der Waals surface area (Å²) in [5.41, 5.74) is 5.64. The van der Waals surface area contributed by atoms with Crippen molar-refractivity contribution in [1.82, 2.24) is 4.98 Å². The van der Waals surface area contributed by atoms with Gasteiger partial charge in [-0.05, 0) is 27.6 Å². The molecule has 3 nitrogen and oxygen atoms in total. The number of primary amides is 1. The minimum atomic E-state index is -0.468. The number of halogens is 1. The van der Waals surface area contributed by atoms with E-state index in [1.54, 1.807) is 18.5 Å². The lowest BCUT2D eigenvalue weighted by Crippen LogP contribution is -2.11. The van der Waals surface area contributed by atoms with Gasteiger partial charge in [-0.3, -0.25) is 9.78 Å². The highest BCUT2D eigenvalue weighted by atomic mass is 79.9. The minimum Gasteiger partial charge on any atom is -0.369 e. The first kappa shape index (κ1) is 8.20. The molecule has 0 saturated carbocycles. The van der Waals surface area contributed by atoms with Crippen molar-refractivity contribution in [2.75, 3.05) is 0 Å². The third-order valence-electron chi connectivity index (χ3n) is 1.03. The van der Waals surface area contributed by atoms with E-state index in [0.717, 1.165) is 4.47 Å². The lowest BCUT2D eigenvalue weighted by atomic mass is 10.2. The Kier molecular flexibility index (Phi) is 2.59. The maximum absolute atomic E-state index is 10.4. The van der Waals surface area contributed by atoms with E-state index in [1.165, 1.54) is 6.42 Å². The van der Waals surface area contributed by atoms with Gasteiger partial charge in [0.2, 0.25) is 5.91 Å². The molecule has 4 heteroatoms. The second-order valence-corrected chi connectivity index (χ2v) is 2.90. The van der Waals surface area contributed by atoms with Crippen molar-refractivity contribution in [1.29, 1.82) is 0 Å². The topological polar surface area (TPSA) is 56.0 Å². The van der Waals surface area contributed by atoms with Crippen molar-refractivity contribution in [3.63, 3.8) is 0 Å². The van der Waals surface area contributed by atoms with Gasteiger partial charge in [0, 0.05) is 16.9 Å². The average molecular weight is 214 g/mol. The first-order valence-electron chi connectivity index (χ1n) is 2.93. The summed E-state index contributed by atoms with van der Waals surface area (Å²) in [5, 5.41) is 0. The summed E-state index contributed by atoms with van der Waals surface area (Å²) in [7, 11) is 0. The van der Waals surface area contributed by atoms with Gasteiger partial charge < -0.3 is 5.73 Å². The number of hydrogen-bond acceptors (Lipinski definition) is 2. The molecule has 1 amide bonds. The zero-order chi connectivity index (χ0) is 8.27. The summed E-state index contributed by atoms with van der Waals surface area (Å²) < 4.78 is 0.826. The maximum Gasteiger partial charge on any atom is 0.226 e. The normalized spacial score (nSPS) is 9.55. The number of hydrogen-bond donors (Lipinski definition) is 1. The lowest BCUT2D eigenvalue weighted by Gasteiger charge is -1.95. The van der Waals surface area contributed by atoms with Crippen LogP contribution in [0.2, 0.25) is 0 Å². The Bertz CT molecular complexity index is 275. The van der Waals surface area contributed by atoms with Crippen LogP contribution in [0, 0.1) is 6.42 Å². The molecule has 0 aromatic carbocycles. The summed E-state index contributed by atoms with van der Waals surface area (Å²) in [6.45, 7) is 0. The molecule has 1 heterocycles. The molecule has 0 unspecified atom stereocenters. The Hall–Kier alpha value is -0.900. The van der Waals surface area contributed by atoms with E-state index in [0.29, 0.717) is 5.56 Å². The van der Waals surface area contributed by atoms with E-state index < -0.39 is 5.91 Å². The summed E-state index contributed by atoms with van der Waals surface area (Å²) in [5.74, 6) is -0.468. The van der Waals surface area contributed by atoms with Crippen LogP contribution in [-0.4, -0.2) is 10.9 Å². The molecule has 1 radical (unpaired) electrons. The molecule has 0 aliphatic heterocycles. The second kappa shape index (κ2) is 3.48. The highest BCUT2D eigenvalue weighted by Gasteiger charge is 1.98. The van der Waals surface area contributed by atoms with Crippen LogP contribution in [0.3, 0.4) is 0 Å². The lowest BCUT2D eigenvalue weighted by molar-refractivity contribution is -0.114. The fourth-order valence-electron chi connectivity index (χ4n) is 0.671. The van der Waals surface area contributed by atoms with Gasteiger partial charge in [-0.15, -0.1) is 0 Å². The van der Waals surface area contributed by atoms with E-state index in [4.69, 9.17) is 5.73 Å². The molecular weight excluding hydrogens is 208 g/mol. The molecule has 0 atom stereocenters. The zero-order valence-corrected chi connectivity index (χ0v) is 7.21. The van der Waals surface area contributed by atoms with Crippen LogP contribution < -0.4 is 5.73 Å². The highest BCUT2D eigenvalue weighted by Crippen LogP contribution is 2.10. The van der Waals surface area contributed by atoms with Crippen LogP contribution in [0.5, 0.6) is 0 Å². The van der Waals surface area contributed by atoms with Crippen LogP contribution in [-0.2, 0) is 4.79 Å². The van der Waals surface area contributed by atoms with Gasteiger partial charge in [0.05, 0.1) is 6.42 Å². The van der Waals surface area contributed by atoms with E-state index in [1.807, 2.05) is 0 Å². The molecule has 1 aromatic rings. The van der Waals surface area contributed by atoms with Crippen molar-refractivity contribution in [2.45, 2.75) is 0 Å². The molecule has 1 aromatic heterocycles. The van der Waals surface area contributed by atoms with Gasteiger partial charge in [-0.2, -0.15) is 0 Å².